The molecule has 1 aromatic carbocycles. The first-order valence-corrected chi connectivity index (χ1v) is 7.87. The summed E-state index contributed by atoms with van der Waals surface area (Å²) in [5.41, 5.74) is -0.143. The van der Waals surface area contributed by atoms with E-state index in [9.17, 15) is 13.9 Å². The second-order valence-corrected chi connectivity index (χ2v) is 7.72. The Morgan fingerprint density at radius 2 is 1.67 bits per heavy atom. The Morgan fingerprint density at radius 3 is 2.10 bits per heavy atom. The molecule has 0 saturated carbocycles. The minimum Gasteiger partial charge on any atom is -0.452 e. The van der Waals surface area contributed by atoms with Crippen molar-refractivity contribution < 1.29 is 18.6 Å². The van der Waals surface area contributed by atoms with Crippen molar-refractivity contribution >= 4 is 27.3 Å². The molecule has 2 rings (SSSR count). The predicted octanol–water partition coefficient (Wildman–Crippen LogP) is 5.43. The van der Waals surface area contributed by atoms with Crippen LogP contribution in [0.15, 0.2) is 15.9 Å². The zero-order chi connectivity index (χ0) is 15.9. The molecule has 2 aromatic rings. The van der Waals surface area contributed by atoms with Gasteiger partial charge in [0.15, 0.2) is 11.6 Å². The van der Waals surface area contributed by atoms with Crippen molar-refractivity contribution in [2.45, 2.75) is 33.3 Å². The Labute approximate surface area is 134 Å². The molecule has 0 radical (unpaired) electrons. The van der Waals surface area contributed by atoms with Gasteiger partial charge in [-0.3, -0.25) is 0 Å². The van der Waals surface area contributed by atoms with Crippen molar-refractivity contribution in [3.8, 4) is 11.5 Å². The lowest BCUT2D eigenvalue weighted by Crippen LogP contribution is -2.15. The van der Waals surface area contributed by atoms with E-state index in [-0.39, 0.29) is 16.4 Å². The molecule has 1 aromatic heterocycles. The van der Waals surface area contributed by atoms with E-state index in [4.69, 9.17) is 4.74 Å². The van der Waals surface area contributed by atoms with Crippen LogP contribution < -0.4 is 4.74 Å². The highest BCUT2D eigenvalue weighted by molar-refractivity contribution is 9.11. The number of aryl methyl sites for hydroxylation is 2. The van der Waals surface area contributed by atoms with Gasteiger partial charge in [-0.1, -0.05) is 0 Å². The SMILES string of the molecule is Cc1cc(F)cc(C)c1Oc1c(Br)sc(C(C)(C)O)c1F. The molecule has 114 valence electrons. The molecule has 2 nitrogen and oxygen atoms in total. The van der Waals surface area contributed by atoms with E-state index in [0.717, 1.165) is 11.3 Å². The number of rotatable bonds is 3. The maximum absolute atomic E-state index is 14.4. The van der Waals surface area contributed by atoms with Crippen molar-refractivity contribution in [2.24, 2.45) is 0 Å². The van der Waals surface area contributed by atoms with Crippen LogP contribution in [0.5, 0.6) is 11.5 Å². The Balaban J connectivity index is 2.49. The van der Waals surface area contributed by atoms with Gasteiger partial charge >= 0.3 is 0 Å². The van der Waals surface area contributed by atoms with Crippen molar-refractivity contribution in [3.05, 3.63) is 43.6 Å². The molecule has 0 saturated heterocycles. The lowest BCUT2D eigenvalue weighted by molar-refractivity contribution is 0.0785. The van der Waals surface area contributed by atoms with Gasteiger partial charge in [0.25, 0.3) is 0 Å². The highest BCUT2D eigenvalue weighted by atomic mass is 79.9. The molecule has 0 aliphatic carbocycles. The normalized spacial score (nSPS) is 11.8. The van der Waals surface area contributed by atoms with E-state index in [1.54, 1.807) is 13.8 Å². The molecule has 0 aliphatic rings. The van der Waals surface area contributed by atoms with E-state index in [1.165, 1.54) is 26.0 Å². The zero-order valence-corrected chi connectivity index (χ0v) is 14.5. The molecule has 0 aliphatic heterocycles. The van der Waals surface area contributed by atoms with Crippen LogP contribution in [0.3, 0.4) is 0 Å². The molecule has 0 fully saturated rings. The van der Waals surface area contributed by atoms with Crippen molar-refractivity contribution in [2.75, 3.05) is 0 Å². The van der Waals surface area contributed by atoms with Crippen LogP contribution in [0.4, 0.5) is 8.78 Å². The van der Waals surface area contributed by atoms with E-state index in [1.807, 2.05) is 0 Å². The first-order valence-electron chi connectivity index (χ1n) is 6.26. The maximum Gasteiger partial charge on any atom is 0.188 e. The summed E-state index contributed by atoms with van der Waals surface area (Å²) in [6.07, 6.45) is 0. The van der Waals surface area contributed by atoms with Crippen LogP contribution in [0, 0.1) is 25.5 Å². The molecule has 0 unspecified atom stereocenters. The molecular weight excluding hydrogens is 362 g/mol. The number of hydrogen-bond acceptors (Lipinski definition) is 3. The highest BCUT2D eigenvalue weighted by Gasteiger charge is 2.29. The summed E-state index contributed by atoms with van der Waals surface area (Å²) in [7, 11) is 0. The summed E-state index contributed by atoms with van der Waals surface area (Å²) in [4.78, 5) is 0.182. The third-order valence-electron chi connectivity index (χ3n) is 2.95. The summed E-state index contributed by atoms with van der Waals surface area (Å²) >= 11 is 4.32. The number of benzene rings is 1. The van der Waals surface area contributed by atoms with Gasteiger partial charge in [0.2, 0.25) is 0 Å². The molecule has 0 atom stereocenters. The van der Waals surface area contributed by atoms with Crippen LogP contribution in [-0.4, -0.2) is 5.11 Å². The fourth-order valence-electron chi connectivity index (χ4n) is 2.01. The smallest absolute Gasteiger partial charge is 0.188 e. The minimum absolute atomic E-state index is 0.00920. The Bertz CT molecular complexity index is 667. The first kappa shape index (κ1) is 16.4. The van der Waals surface area contributed by atoms with E-state index < -0.39 is 11.4 Å². The third-order valence-corrected chi connectivity index (χ3v) is 5.05. The number of halogens is 3. The van der Waals surface area contributed by atoms with Crippen molar-refractivity contribution in [3.63, 3.8) is 0 Å². The van der Waals surface area contributed by atoms with Crippen molar-refractivity contribution in [1.82, 2.24) is 0 Å². The summed E-state index contributed by atoms with van der Waals surface area (Å²) in [6, 6.07) is 2.66. The fraction of sp³-hybridized carbons (Fsp3) is 0.333. The van der Waals surface area contributed by atoms with Gasteiger partial charge in [0.05, 0.1) is 10.5 Å². The third kappa shape index (κ3) is 3.27. The van der Waals surface area contributed by atoms with Gasteiger partial charge < -0.3 is 9.84 Å². The molecule has 0 amide bonds. The lowest BCUT2D eigenvalue weighted by Gasteiger charge is -2.15. The average molecular weight is 377 g/mol. The number of hydrogen-bond donors (Lipinski definition) is 1. The standard InChI is InChI=1S/C15H15BrF2O2S/c1-7-5-9(17)6-8(2)11(7)20-12-10(18)13(15(3,4)19)21-14(12)16/h5-6,19H,1-4H3. The van der Waals surface area contributed by atoms with Gasteiger partial charge in [-0.15, -0.1) is 11.3 Å². The summed E-state index contributed by atoms with van der Waals surface area (Å²) in [5.74, 6) is -0.548. The fourth-order valence-corrected chi connectivity index (χ4v) is 3.58. The largest absolute Gasteiger partial charge is 0.452 e. The second-order valence-electron chi connectivity index (χ2n) is 5.38. The van der Waals surface area contributed by atoms with Gasteiger partial charge in [-0.2, -0.15) is 0 Å². The Kier molecular flexibility index (Phi) is 4.42. The number of thiophene rings is 1. The molecule has 1 N–H and O–H groups in total. The number of ether oxygens (including phenoxy) is 1. The molecule has 21 heavy (non-hydrogen) atoms. The van der Waals surface area contributed by atoms with Crippen LogP contribution in [0.25, 0.3) is 0 Å². The summed E-state index contributed by atoms with van der Waals surface area (Å²) < 4.78 is 33.8. The topological polar surface area (TPSA) is 29.5 Å². The van der Waals surface area contributed by atoms with E-state index >= 15 is 0 Å². The van der Waals surface area contributed by atoms with Crippen LogP contribution in [0.1, 0.15) is 29.9 Å². The summed E-state index contributed by atoms with van der Waals surface area (Å²) in [6.45, 7) is 6.40. The molecular formula is C15H15BrF2O2S. The highest BCUT2D eigenvalue weighted by Crippen LogP contribution is 2.45. The van der Waals surface area contributed by atoms with Gasteiger partial charge in [0.1, 0.15) is 15.4 Å². The van der Waals surface area contributed by atoms with Crippen LogP contribution in [-0.2, 0) is 5.60 Å². The Hall–Kier alpha value is -0.980. The minimum atomic E-state index is -1.30. The number of aliphatic hydroxyl groups is 1. The Morgan fingerprint density at radius 1 is 1.14 bits per heavy atom. The van der Waals surface area contributed by atoms with Gasteiger partial charge in [-0.25, -0.2) is 8.78 Å². The average Bonchev–Trinajstić information content (AvgIpc) is 2.60. The van der Waals surface area contributed by atoms with E-state index in [0.29, 0.717) is 20.7 Å². The maximum atomic E-state index is 14.4. The first-order chi connectivity index (χ1) is 9.61. The molecule has 0 spiro atoms. The van der Waals surface area contributed by atoms with Gasteiger partial charge in [0, 0.05) is 0 Å². The summed E-state index contributed by atoms with van der Waals surface area (Å²) in [5, 5.41) is 9.96. The molecule has 6 heteroatoms. The molecule has 1 heterocycles. The zero-order valence-electron chi connectivity index (χ0n) is 12.1. The predicted molar refractivity (Wildman–Crippen MR) is 83.2 cm³/mol. The second kappa shape index (κ2) is 5.66. The van der Waals surface area contributed by atoms with Crippen LogP contribution in [0.2, 0.25) is 0 Å². The molecule has 0 bridgehead atoms. The monoisotopic (exact) mass is 376 g/mol. The van der Waals surface area contributed by atoms with Crippen molar-refractivity contribution in [1.29, 1.82) is 0 Å². The van der Waals surface area contributed by atoms with E-state index in [2.05, 4.69) is 15.9 Å². The lowest BCUT2D eigenvalue weighted by atomic mass is 10.1. The quantitative estimate of drug-likeness (QED) is 0.774. The van der Waals surface area contributed by atoms with Gasteiger partial charge in [-0.05, 0) is 66.9 Å². The van der Waals surface area contributed by atoms with Crippen LogP contribution >= 0.6 is 27.3 Å².